The van der Waals surface area contributed by atoms with Crippen molar-refractivity contribution in [1.82, 2.24) is 9.78 Å². The van der Waals surface area contributed by atoms with E-state index in [1.54, 1.807) is 35.1 Å². The van der Waals surface area contributed by atoms with Crippen LogP contribution in [0.2, 0.25) is 5.02 Å². The Morgan fingerprint density at radius 2 is 2.08 bits per heavy atom. The molecule has 0 saturated heterocycles. The van der Waals surface area contributed by atoms with Gasteiger partial charge < -0.3 is 14.8 Å². The maximum Gasteiger partial charge on any atom is 0.259 e. The molecule has 0 unspecified atom stereocenters. The van der Waals surface area contributed by atoms with Crippen LogP contribution in [0.3, 0.4) is 0 Å². The number of hydrogen-bond donors (Lipinski definition) is 1. The van der Waals surface area contributed by atoms with Gasteiger partial charge in [-0.25, -0.2) is 4.68 Å². The van der Waals surface area contributed by atoms with Crippen molar-refractivity contribution in [3.8, 4) is 17.2 Å². The third kappa shape index (κ3) is 2.99. The Morgan fingerprint density at radius 3 is 2.88 bits per heavy atom. The van der Waals surface area contributed by atoms with Crippen molar-refractivity contribution in [3.63, 3.8) is 0 Å². The number of carbonyl (C=O) groups excluding carboxylic acids is 1. The third-order valence-corrected chi connectivity index (χ3v) is 4.37. The minimum absolute atomic E-state index is 0.194. The van der Waals surface area contributed by atoms with Crippen LogP contribution in [0.5, 0.6) is 11.5 Å². The summed E-state index contributed by atoms with van der Waals surface area (Å²) in [6.07, 6.45) is 2.22. The van der Waals surface area contributed by atoms with Gasteiger partial charge in [-0.15, -0.1) is 0 Å². The molecular weight excluding hydrogens is 354 g/mol. The molecule has 2 aromatic carbocycles. The molecule has 1 aliphatic heterocycles. The van der Waals surface area contributed by atoms with E-state index in [1.807, 2.05) is 25.1 Å². The van der Waals surface area contributed by atoms with E-state index in [0.717, 1.165) is 11.4 Å². The fourth-order valence-electron chi connectivity index (χ4n) is 2.91. The number of carbonyl (C=O) groups is 1. The fraction of sp³-hybridized carbons (Fsp3) is 0.158. The molecule has 1 aromatic heterocycles. The Kier molecular flexibility index (Phi) is 4.26. The number of ether oxygens (including phenoxy) is 2. The molecule has 0 aliphatic carbocycles. The number of benzene rings is 2. The van der Waals surface area contributed by atoms with Gasteiger partial charge >= 0.3 is 0 Å². The van der Waals surface area contributed by atoms with Crippen LogP contribution in [0, 0.1) is 0 Å². The second kappa shape index (κ2) is 6.72. The molecule has 0 spiro atoms. The summed E-state index contributed by atoms with van der Waals surface area (Å²) in [7, 11) is 0. The molecule has 0 fully saturated rings. The summed E-state index contributed by atoms with van der Waals surface area (Å²) in [5, 5.41) is 7.87. The maximum absolute atomic E-state index is 12.7. The van der Waals surface area contributed by atoms with Crippen LogP contribution in [0.1, 0.15) is 23.0 Å². The highest BCUT2D eigenvalue weighted by Crippen LogP contribution is 2.34. The largest absolute Gasteiger partial charge is 0.454 e. The normalized spacial score (nSPS) is 12.2. The number of fused-ring (bicyclic) bond motifs is 1. The number of amides is 1. The number of hydrogen-bond acceptors (Lipinski definition) is 4. The lowest BCUT2D eigenvalue weighted by Crippen LogP contribution is -2.14. The zero-order chi connectivity index (χ0) is 18.1. The standard InChI is InChI=1S/C19H16ClN3O3/c1-2-16-15(10-21-23(16)14-5-3-4-12(20)8-14)19(24)22-13-6-7-17-18(9-13)26-11-25-17/h3-10H,2,11H2,1H3,(H,22,24). The van der Waals surface area contributed by atoms with Crippen LogP contribution in [0.15, 0.2) is 48.7 Å². The highest BCUT2D eigenvalue weighted by Gasteiger charge is 2.19. The SMILES string of the molecule is CCc1c(C(=O)Nc2ccc3c(c2)OCO3)cnn1-c1cccc(Cl)c1. The number of nitrogens with zero attached hydrogens (tertiary/aromatic N) is 2. The number of rotatable bonds is 4. The number of halogens is 1. The Hall–Kier alpha value is -2.99. The number of nitrogens with one attached hydrogen (secondary N) is 1. The van der Waals surface area contributed by atoms with E-state index in [4.69, 9.17) is 21.1 Å². The molecular formula is C19H16ClN3O3. The van der Waals surface area contributed by atoms with E-state index in [0.29, 0.717) is 34.2 Å². The molecule has 1 aliphatic rings. The van der Waals surface area contributed by atoms with Gasteiger partial charge in [0.25, 0.3) is 5.91 Å². The number of aromatic nitrogens is 2. The summed E-state index contributed by atoms with van der Waals surface area (Å²) in [5.74, 6) is 1.06. The number of anilines is 1. The van der Waals surface area contributed by atoms with Crippen molar-refractivity contribution in [3.05, 3.63) is 64.9 Å². The van der Waals surface area contributed by atoms with Gasteiger partial charge in [0.15, 0.2) is 11.5 Å². The predicted molar refractivity (Wildman–Crippen MR) is 98.5 cm³/mol. The highest BCUT2D eigenvalue weighted by molar-refractivity contribution is 6.30. The van der Waals surface area contributed by atoms with Gasteiger partial charge in [-0.2, -0.15) is 5.10 Å². The first kappa shape index (κ1) is 16.5. The topological polar surface area (TPSA) is 65.4 Å². The molecule has 26 heavy (non-hydrogen) atoms. The molecule has 7 heteroatoms. The Labute approximate surface area is 155 Å². The van der Waals surface area contributed by atoms with E-state index < -0.39 is 0 Å². The quantitative estimate of drug-likeness (QED) is 0.752. The summed E-state index contributed by atoms with van der Waals surface area (Å²) in [5.41, 5.74) is 2.78. The van der Waals surface area contributed by atoms with Crippen LogP contribution >= 0.6 is 11.6 Å². The maximum atomic E-state index is 12.7. The molecule has 0 saturated carbocycles. The fourth-order valence-corrected chi connectivity index (χ4v) is 3.09. The second-order valence-corrected chi connectivity index (χ2v) is 6.21. The van der Waals surface area contributed by atoms with Crippen molar-refractivity contribution < 1.29 is 14.3 Å². The monoisotopic (exact) mass is 369 g/mol. The van der Waals surface area contributed by atoms with Crippen molar-refractivity contribution in [2.45, 2.75) is 13.3 Å². The second-order valence-electron chi connectivity index (χ2n) is 5.77. The van der Waals surface area contributed by atoms with Crippen LogP contribution in [-0.2, 0) is 6.42 Å². The molecule has 132 valence electrons. The van der Waals surface area contributed by atoms with E-state index in [1.165, 1.54) is 0 Å². The Morgan fingerprint density at radius 1 is 1.23 bits per heavy atom. The van der Waals surface area contributed by atoms with E-state index >= 15 is 0 Å². The first-order valence-electron chi connectivity index (χ1n) is 8.19. The van der Waals surface area contributed by atoms with Crippen LogP contribution < -0.4 is 14.8 Å². The third-order valence-electron chi connectivity index (χ3n) is 4.13. The zero-order valence-electron chi connectivity index (χ0n) is 14.0. The Balaban J connectivity index is 1.62. The molecule has 1 N–H and O–H groups in total. The van der Waals surface area contributed by atoms with Crippen molar-refractivity contribution in [2.24, 2.45) is 0 Å². The average Bonchev–Trinajstić information content (AvgIpc) is 3.27. The van der Waals surface area contributed by atoms with Gasteiger partial charge in [-0.3, -0.25) is 4.79 Å². The summed E-state index contributed by atoms with van der Waals surface area (Å²) in [4.78, 5) is 12.7. The summed E-state index contributed by atoms with van der Waals surface area (Å²) in [6, 6.07) is 12.7. The van der Waals surface area contributed by atoms with E-state index in [2.05, 4.69) is 10.4 Å². The van der Waals surface area contributed by atoms with Gasteiger partial charge in [0.05, 0.1) is 23.1 Å². The molecule has 0 atom stereocenters. The molecule has 0 radical (unpaired) electrons. The lowest BCUT2D eigenvalue weighted by atomic mass is 10.1. The van der Waals surface area contributed by atoms with Gasteiger partial charge in [0.2, 0.25) is 6.79 Å². The average molecular weight is 370 g/mol. The van der Waals surface area contributed by atoms with Gasteiger partial charge in [-0.05, 0) is 36.8 Å². The predicted octanol–water partition coefficient (Wildman–Crippen LogP) is 4.07. The van der Waals surface area contributed by atoms with Crippen molar-refractivity contribution in [1.29, 1.82) is 0 Å². The zero-order valence-corrected chi connectivity index (χ0v) is 14.8. The Bertz CT molecular complexity index is 984. The van der Waals surface area contributed by atoms with Crippen molar-refractivity contribution in [2.75, 3.05) is 12.1 Å². The molecule has 3 aromatic rings. The highest BCUT2D eigenvalue weighted by atomic mass is 35.5. The van der Waals surface area contributed by atoms with Crippen LogP contribution in [0.4, 0.5) is 5.69 Å². The molecule has 6 nitrogen and oxygen atoms in total. The molecule has 0 bridgehead atoms. The summed E-state index contributed by atoms with van der Waals surface area (Å²) in [6.45, 7) is 2.18. The molecule has 1 amide bonds. The smallest absolute Gasteiger partial charge is 0.259 e. The summed E-state index contributed by atoms with van der Waals surface area (Å²) < 4.78 is 12.4. The first-order valence-corrected chi connectivity index (χ1v) is 8.57. The van der Waals surface area contributed by atoms with E-state index in [9.17, 15) is 4.79 Å². The van der Waals surface area contributed by atoms with Crippen LogP contribution in [-0.4, -0.2) is 22.5 Å². The van der Waals surface area contributed by atoms with E-state index in [-0.39, 0.29) is 12.7 Å². The lowest BCUT2D eigenvalue weighted by molar-refractivity contribution is 0.102. The molecule has 4 rings (SSSR count). The van der Waals surface area contributed by atoms with Gasteiger partial charge in [0, 0.05) is 16.8 Å². The van der Waals surface area contributed by atoms with Crippen molar-refractivity contribution >= 4 is 23.2 Å². The van der Waals surface area contributed by atoms with Crippen LogP contribution in [0.25, 0.3) is 5.69 Å². The summed E-state index contributed by atoms with van der Waals surface area (Å²) >= 11 is 6.07. The lowest BCUT2D eigenvalue weighted by Gasteiger charge is -2.09. The minimum atomic E-state index is -0.228. The minimum Gasteiger partial charge on any atom is -0.454 e. The molecule has 2 heterocycles. The first-order chi connectivity index (χ1) is 12.7. The van der Waals surface area contributed by atoms with Gasteiger partial charge in [-0.1, -0.05) is 24.6 Å². The van der Waals surface area contributed by atoms with Gasteiger partial charge in [0.1, 0.15) is 0 Å².